The van der Waals surface area contributed by atoms with E-state index in [0.717, 1.165) is 24.1 Å². The second-order valence-electron chi connectivity index (χ2n) is 10.8. The molecular formula is C24H29F2N3O4S. The molecule has 2 saturated carbocycles. The van der Waals surface area contributed by atoms with Gasteiger partial charge in [-0.05, 0) is 69.7 Å². The lowest BCUT2D eigenvalue weighted by molar-refractivity contribution is -0.0876. The van der Waals surface area contributed by atoms with Gasteiger partial charge in [0.25, 0.3) is 5.92 Å². The molecule has 10 heteroatoms. The third-order valence-corrected chi connectivity index (χ3v) is 8.15. The largest absolute Gasteiger partial charge is 0.444 e. The van der Waals surface area contributed by atoms with Gasteiger partial charge < -0.3 is 10.1 Å². The van der Waals surface area contributed by atoms with Crippen molar-refractivity contribution in [1.29, 1.82) is 0 Å². The van der Waals surface area contributed by atoms with Gasteiger partial charge in [-0.1, -0.05) is 0 Å². The maximum atomic E-state index is 13.5. The summed E-state index contributed by atoms with van der Waals surface area (Å²) in [6.45, 7) is 5.31. The topological polar surface area (TPSA) is 97.4 Å². The van der Waals surface area contributed by atoms with Gasteiger partial charge in [0.05, 0.1) is 4.90 Å². The van der Waals surface area contributed by atoms with E-state index in [1.54, 1.807) is 27.0 Å². The van der Waals surface area contributed by atoms with E-state index in [9.17, 15) is 22.0 Å². The fraction of sp³-hybridized carbons (Fsp3) is 0.583. The molecule has 0 radical (unpaired) electrons. The first-order chi connectivity index (χ1) is 15.8. The first kappa shape index (κ1) is 23.4. The fourth-order valence-electron chi connectivity index (χ4n) is 4.88. The number of nitrogens with one attached hydrogen (secondary N) is 2. The monoisotopic (exact) mass is 493 g/mol. The second kappa shape index (κ2) is 7.84. The predicted octanol–water partition coefficient (Wildman–Crippen LogP) is 4.18. The van der Waals surface area contributed by atoms with E-state index in [-0.39, 0.29) is 10.9 Å². The SMILES string of the molecule is CC(C)(C)OC(=O)N[C@H]1Cc2cc3cnc(C4CC4)cc3c(S(=O)(=O)NC3CC(F)(F)C3)c2C1. The number of nitrogens with zero attached hydrogens (tertiary/aromatic N) is 1. The lowest BCUT2D eigenvalue weighted by Gasteiger charge is -2.35. The number of halogens is 2. The number of fused-ring (bicyclic) bond motifs is 2. The molecule has 1 heterocycles. The van der Waals surface area contributed by atoms with E-state index >= 15 is 0 Å². The minimum absolute atomic E-state index is 0.119. The summed E-state index contributed by atoms with van der Waals surface area (Å²) >= 11 is 0. The van der Waals surface area contributed by atoms with Gasteiger partial charge in [-0.2, -0.15) is 0 Å². The molecule has 0 aliphatic heterocycles. The quantitative estimate of drug-likeness (QED) is 0.651. The van der Waals surface area contributed by atoms with Gasteiger partial charge in [-0.25, -0.2) is 26.7 Å². The lowest BCUT2D eigenvalue weighted by Crippen LogP contribution is -2.50. The molecule has 184 valence electrons. The number of alkyl carbamates (subject to hydrolysis) is 1. The highest BCUT2D eigenvalue weighted by Crippen LogP contribution is 2.43. The maximum Gasteiger partial charge on any atom is 0.407 e. The summed E-state index contributed by atoms with van der Waals surface area (Å²) in [6, 6.07) is 2.61. The standard InChI is InChI=1S/C24H29F2N3O4S/c1-23(2,3)33-22(30)28-16-7-14-6-15-12-27-20(13-4-5-13)9-19(15)21(18(14)8-16)34(31,32)29-17-10-24(25,26)11-17/h6,9,12-13,16-17,29H,4-5,7-8,10-11H2,1-3H3,(H,28,30)/t16-/m0/s1. The van der Waals surface area contributed by atoms with Crippen molar-refractivity contribution in [3.8, 4) is 0 Å². The van der Waals surface area contributed by atoms with Crippen LogP contribution in [0.3, 0.4) is 0 Å². The van der Waals surface area contributed by atoms with Gasteiger partial charge >= 0.3 is 6.09 Å². The molecule has 1 atom stereocenters. The molecule has 0 bridgehead atoms. The first-order valence-electron chi connectivity index (χ1n) is 11.6. The molecular weight excluding hydrogens is 464 g/mol. The maximum absolute atomic E-state index is 13.5. The van der Waals surface area contributed by atoms with Gasteiger partial charge in [0.2, 0.25) is 10.0 Å². The number of amides is 1. The van der Waals surface area contributed by atoms with Crippen molar-refractivity contribution in [3.63, 3.8) is 0 Å². The molecule has 0 unspecified atom stereocenters. The summed E-state index contributed by atoms with van der Waals surface area (Å²) in [4.78, 5) is 17.0. The second-order valence-corrected chi connectivity index (χ2v) is 12.4. The number of hydrogen-bond donors (Lipinski definition) is 2. The van der Waals surface area contributed by atoms with Crippen molar-refractivity contribution in [2.45, 2.75) is 93.7 Å². The third-order valence-electron chi connectivity index (χ3n) is 6.51. The number of ether oxygens (including phenoxy) is 1. The number of carbonyl (C=O) groups excluding carboxylic acids is 1. The summed E-state index contributed by atoms with van der Waals surface area (Å²) in [7, 11) is -4.08. The molecule has 0 spiro atoms. The van der Waals surface area contributed by atoms with E-state index in [0.29, 0.717) is 35.1 Å². The normalized spacial score (nSPS) is 22.3. The van der Waals surface area contributed by atoms with Crippen molar-refractivity contribution < 1.29 is 26.7 Å². The predicted molar refractivity (Wildman–Crippen MR) is 123 cm³/mol. The molecule has 1 amide bonds. The van der Waals surface area contributed by atoms with Gasteiger partial charge in [0, 0.05) is 53.5 Å². The minimum atomic E-state index is -4.08. The zero-order valence-electron chi connectivity index (χ0n) is 19.5. The Kier molecular flexibility index (Phi) is 5.40. The Hall–Kier alpha value is -2.33. The number of alkyl halides is 2. The highest BCUT2D eigenvalue weighted by molar-refractivity contribution is 7.89. The van der Waals surface area contributed by atoms with Crippen LogP contribution in [0.1, 0.15) is 69.2 Å². The number of rotatable bonds is 5. The van der Waals surface area contributed by atoms with Crippen molar-refractivity contribution in [1.82, 2.24) is 15.0 Å². The van der Waals surface area contributed by atoms with E-state index in [1.165, 1.54) is 0 Å². The summed E-state index contributed by atoms with van der Waals surface area (Å²) in [5, 5.41) is 4.07. The Morgan fingerprint density at radius 1 is 1.15 bits per heavy atom. The highest BCUT2D eigenvalue weighted by Gasteiger charge is 2.47. The van der Waals surface area contributed by atoms with Gasteiger partial charge in [-0.15, -0.1) is 0 Å². The van der Waals surface area contributed by atoms with Crippen molar-refractivity contribution in [2.75, 3.05) is 0 Å². The van der Waals surface area contributed by atoms with Crippen LogP contribution in [-0.4, -0.2) is 43.1 Å². The first-order valence-corrected chi connectivity index (χ1v) is 13.1. The highest BCUT2D eigenvalue weighted by atomic mass is 32.2. The van der Waals surface area contributed by atoms with Gasteiger partial charge in [-0.3, -0.25) is 4.98 Å². The number of pyridine rings is 1. The summed E-state index contributed by atoms with van der Waals surface area (Å²) in [5.74, 6) is -2.51. The summed E-state index contributed by atoms with van der Waals surface area (Å²) < 4.78 is 61.7. The Bertz CT molecular complexity index is 1260. The van der Waals surface area contributed by atoms with Crippen LogP contribution in [0, 0.1) is 0 Å². The zero-order valence-corrected chi connectivity index (χ0v) is 20.3. The molecule has 1 aromatic carbocycles. The fourth-order valence-corrected chi connectivity index (χ4v) is 6.60. The van der Waals surface area contributed by atoms with Crippen LogP contribution in [0.25, 0.3) is 10.8 Å². The number of sulfonamides is 1. The Morgan fingerprint density at radius 3 is 2.47 bits per heavy atom. The minimum Gasteiger partial charge on any atom is -0.444 e. The van der Waals surface area contributed by atoms with Crippen molar-refractivity contribution >= 4 is 26.9 Å². The molecule has 1 aromatic heterocycles. The van der Waals surface area contributed by atoms with Crippen LogP contribution >= 0.6 is 0 Å². The van der Waals surface area contributed by atoms with Crippen LogP contribution in [0.5, 0.6) is 0 Å². The van der Waals surface area contributed by atoms with E-state index in [1.807, 2.05) is 12.1 Å². The molecule has 2 fully saturated rings. The zero-order chi connectivity index (χ0) is 24.5. The lowest BCUT2D eigenvalue weighted by atomic mass is 9.89. The average molecular weight is 494 g/mol. The number of benzene rings is 1. The molecule has 2 N–H and O–H groups in total. The molecule has 2 aromatic rings. The Labute approximate surface area is 197 Å². The summed E-state index contributed by atoms with van der Waals surface area (Å²) in [5.41, 5.74) is 1.60. The van der Waals surface area contributed by atoms with E-state index in [4.69, 9.17) is 4.74 Å². The van der Waals surface area contributed by atoms with Crippen LogP contribution < -0.4 is 10.0 Å². The molecule has 7 nitrogen and oxygen atoms in total. The average Bonchev–Trinajstić information content (AvgIpc) is 3.43. The van der Waals surface area contributed by atoms with Gasteiger partial charge in [0.15, 0.2) is 0 Å². The van der Waals surface area contributed by atoms with Crippen LogP contribution in [0.4, 0.5) is 13.6 Å². The number of carbonyl (C=O) groups is 1. The third kappa shape index (κ3) is 4.75. The number of hydrogen-bond acceptors (Lipinski definition) is 5. The van der Waals surface area contributed by atoms with Crippen molar-refractivity contribution in [2.24, 2.45) is 0 Å². The van der Waals surface area contributed by atoms with Crippen LogP contribution in [0.2, 0.25) is 0 Å². The smallest absolute Gasteiger partial charge is 0.407 e. The van der Waals surface area contributed by atoms with Crippen LogP contribution in [0.15, 0.2) is 23.2 Å². The number of aromatic nitrogens is 1. The molecule has 34 heavy (non-hydrogen) atoms. The Morgan fingerprint density at radius 2 is 1.85 bits per heavy atom. The van der Waals surface area contributed by atoms with Crippen LogP contribution in [-0.2, 0) is 27.6 Å². The van der Waals surface area contributed by atoms with E-state index < -0.39 is 46.5 Å². The van der Waals surface area contributed by atoms with E-state index in [2.05, 4.69) is 15.0 Å². The summed E-state index contributed by atoms with van der Waals surface area (Å²) in [6.07, 6.45) is 2.90. The molecule has 3 aliphatic carbocycles. The molecule has 5 rings (SSSR count). The molecule has 3 aliphatic rings. The Balaban J connectivity index is 1.51. The van der Waals surface area contributed by atoms with Crippen molar-refractivity contribution in [3.05, 3.63) is 35.2 Å². The van der Waals surface area contributed by atoms with Gasteiger partial charge in [0.1, 0.15) is 5.60 Å². The molecule has 0 saturated heterocycles.